The van der Waals surface area contributed by atoms with Crippen LogP contribution < -0.4 is 15.8 Å². The van der Waals surface area contributed by atoms with E-state index in [9.17, 15) is 9.18 Å². The predicted molar refractivity (Wildman–Crippen MR) is 67.7 cm³/mol. The van der Waals surface area contributed by atoms with E-state index in [1.807, 2.05) is 0 Å². The molecule has 0 radical (unpaired) electrons. The molecule has 3 N–H and O–H groups in total. The molecule has 0 aromatic heterocycles. The van der Waals surface area contributed by atoms with Crippen molar-refractivity contribution >= 4 is 5.91 Å². The topological polar surface area (TPSA) is 64.4 Å². The van der Waals surface area contributed by atoms with Gasteiger partial charge in [-0.15, -0.1) is 0 Å². The van der Waals surface area contributed by atoms with Crippen LogP contribution in [0.15, 0.2) is 24.3 Å². The second kappa shape index (κ2) is 6.96. The molecule has 1 rings (SSSR count). The van der Waals surface area contributed by atoms with E-state index in [1.54, 1.807) is 26.0 Å². The monoisotopic (exact) mass is 254 g/mol. The molecule has 1 aromatic rings. The number of carbonyl (C=O) groups excluding carboxylic acids is 1. The zero-order chi connectivity index (χ0) is 13.5. The lowest BCUT2D eigenvalue weighted by molar-refractivity contribution is -0.124. The van der Waals surface area contributed by atoms with E-state index in [-0.39, 0.29) is 23.7 Å². The molecule has 0 bridgehead atoms. The largest absolute Gasteiger partial charge is 0.489 e. The van der Waals surface area contributed by atoms with Crippen LogP contribution in [-0.4, -0.2) is 25.1 Å². The Bertz CT molecular complexity index is 398. The van der Waals surface area contributed by atoms with Gasteiger partial charge in [-0.1, -0.05) is 13.0 Å². The van der Waals surface area contributed by atoms with Gasteiger partial charge in [-0.2, -0.15) is 0 Å². The Morgan fingerprint density at radius 3 is 2.83 bits per heavy atom. The maximum atomic E-state index is 12.9. The van der Waals surface area contributed by atoms with E-state index in [0.29, 0.717) is 18.8 Å². The lowest BCUT2D eigenvalue weighted by Gasteiger charge is -2.17. The van der Waals surface area contributed by atoms with Gasteiger partial charge in [0, 0.05) is 18.5 Å². The second-order valence-electron chi connectivity index (χ2n) is 4.27. The zero-order valence-electron chi connectivity index (χ0n) is 10.7. The number of rotatable bonds is 6. The summed E-state index contributed by atoms with van der Waals surface area (Å²) in [6, 6.07) is 5.90. The number of ether oxygens (including phenoxy) is 1. The fourth-order valence-corrected chi connectivity index (χ4v) is 1.34. The molecule has 18 heavy (non-hydrogen) atoms. The minimum atomic E-state index is -0.347. The lowest BCUT2D eigenvalue weighted by atomic mass is 10.1. The number of amides is 1. The Morgan fingerprint density at radius 2 is 2.22 bits per heavy atom. The van der Waals surface area contributed by atoms with Gasteiger partial charge in [-0.05, 0) is 19.1 Å². The first-order valence-corrected chi connectivity index (χ1v) is 5.93. The summed E-state index contributed by atoms with van der Waals surface area (Å²) < 4.78 is 18.4. The quantitative estimate of drug-likeness (QED) is 0.804. The molecule has 2 atom stereocenters. The first-order valence-electron chi connectivity index (χ1n) is 5.93. The van der Waals surface area contributed by atoms with Crippen LogP contribution in [0.1, 0.15) is 13.8 Å². The molecule has 4 nitrogen and oxygen atoms in total. The number of halogens is 1. The van der Waals surface area contributed by atoms with Crippen molar-refractivity contribution < 1.29 is 13.9 Å². The molecule has 1 aromatic carbocycles. The van der Waals surface area contributed by atoms with Crippen LogP contribution >= 0.6 is 0 Å². The molecule has 0 aliphatic rings. The maximum Gasteiger partial charge on any atom is 0.224 e. The smallest absolute Gasteiger partial charge is 0.224 e. The van der Waals surface area contributed by atoms with Gasteiger partial charge in [0.15, 0.2) is 0 Å². The van der Waals surface area contributed by atoms with Gasteiger partial charge in [0.2, 0.25) is 5.91 Å². The molecule has 0 aliphatic carbocycles. The Labute approximate surface area is 106 Å². The summed E-state index contributed by atoms with van der Waals surface area (Å²) in [7, 11) is 0. The van der Waals surface area contributed by atoms with Gasteiger partial charge >= 0.3 is 0 Å². The first-order chi connectivity index (χ1) is 8.52. The summed E-state index contributed by atoms with van der Waals surface area (Å²) in [6.45, 7) is 4.23. The second-order valence-corrected chi connectivity index (χ2v) is 4.27. The highest BCUT2D eigenvalue weighted by Crippen LogP contribution is 2.13. The molecule has 0 fully saturated rings. The van der Waals surface area contributed by atoms with E-state index >= 15 is 0 Å². The van der Waals surface area contributed by atoms with E-state index < -0.39 is 0 Å². The van der Waals surface area contributed by atoms with Crippen molar-refractivity contribution in [3.05, 3.63) is 30.1 Å². The first kappa shape index (κ1) is 14.4. The molecule has 5 heteroatoms. The van der Waals surface area contributed by atoms with Gasteiger partial charge in [-0.25, -0.2) is 4.39 Å². The van der Waals surface area contributed by atoms with Crippen molar-refractivity contribution in [3.8, 4) is 5.75 Å². The van der Waals surface area contributed by atoms with Crippen molar-refractivity contribution in [1.29, 1.82) is 0 Å². The number of nitrogens with two attached hydrogens (primary N) is 1. The number of nitrogens with one attached hydrogen (secondary N) is 1. The fraction of sp³-hybridized carbons (Fsp3) is 0.462. The summed E-state index contributed by atoms with van der Waals surface area (Å²) in [5.74, 6) is -0.220. The molecule has 0 heterocycles. The number of hydrogen-bond donors (Lipinski definition) is 2. The summed E-state index contributed by atoms with van der Waals surface area (Å²) in [6.07, 6.45) is -0.235. The Kier molecular flexibility index (Phi) is 5.58. The van der Waals surface area contributed by atoms with Crippen LogP contribution in [0.4, 0.5) is 4.39 Å². The third-order valence-corrected chi connectivity index (χ3v) is 2.50. The molecule has 0 saturated heterocycles. The normalized spacial score (nSPS) is 13.8. The van der Waals surface area contributed by atoms with Crippen molar-refractivity contribution in [1.82, 2.24) is 5.32 Å². The standard InChI is InChI=1S/C13H19FN2O2/c1-9(7-15)13(17)16-8-10(2)18-12-5-3-4-11(14)6-12/h3-6,9-10H,7-8,15H2,1-2H3,(H,16,17). The van der Waals surface area contributed by atoms with E-state index in [1.165, 1.54) is 12.1 Å². The van der Waals surface area contributed by atoms with Crippen molar-refractivity contribution in [3.63, 3.8) is 0 Å². The molecule has 0 spiro atoms. The molecular formula is C13H19FN2O2. The minimum absolute atomic E-state index is 0.104. The average Bonchev–Trinajstić information content (AvgIpc) is 2.35. The minimum Gasteiger partial charge on any atom is -0.489 e. The van der Waals surface area contributed by atoms with Gasteiger partial charge in [0.1, 0.15) is 17.7 Å². The summed E-state index contributed by atoms with van der Waals surface area (Å²) in [4.78, 5) is 11.5. The highest BCUT2D eigenvalue weighted by atomic mass is 19.1. The van der Waals surface area contributed by atoms with Gasteiger partial charge in [-0.3, -0.25) is 4.79 Å². The van der Waals surface area contributed by atoms with E-state index in [2.05, 4.69) is 5.32 Å². The van der Waals surface area contributed by atoms with Crippen LogP contribution in [0, 0.1) is 11.7 Å². The Morgan fingerprint density at radius 1 is 1.50 bits per heavy atom. The number of benzene rings is 1. The van der Waals surface area contributed by atoms with Gasteiger partial charge < -0.3 is 15.8 Å². The SMILES string of the molecule is CC(CNC(=O)C(C)CN)Oc1cccc(F)c1. The maximum absolute atomic E-state index is 12.9. The number of carbonyl (C=O) groups is 1. The third kappa shape index (κ3) is 4.71. The molecule has 0 aliphatic heterocycles. The Balaban J connectivity index is 2.38. The number of hydrogen-bond acceptors (Lipinski definition) is 3. The molecule has 1 amide bonds. The predicted octanol–water partition coefficient (Wildman–Crippen LogP) is 1.30. The molecule has 0 saturated carbocycles. The highest BCUT2D eigenvalue weighted by molar-refractivity contribution is 5.78. The highest BCUT2D eigenvalue weighted by Gasteiger charge is 2.12. The van der Waals surface area contributed by atoms with Crippen molar-refractivity contribution in [2.75, 3.05) is 13.1 Å². The Hall–Kier alpha value is -1.62. The van der Waals surface area contributed by atoms with E-state index in [4.69, 9.17) is 10.5 Å². The summed E-state index contributed by atoms with van der Waals surface area (Å²) >= 11 is 0. The molecular weight excluding hydrogens is 235 g/mol. The average molecular weight is 254 g/mol. The van der Waals surface area contributed by atoms with Crippen LogP contribution in [0.2, 0.25) is 0 Å². The zero-order valence-corrected chi connectivity index (χ0v) is 10.7. The van der Waals surface area contributed by atoms with Gasteiger partial charge in [0.25, 0.3) is 0 Å². The summed E-state index contributed by atoms with van der Waals surface area (Å²) in [5, 5.41) is 2.73. The third-order valence-electron chi connectivity index (χ3n) is 2.50. The van der Waals surface area contributed by atoms with E-state index in [0.717, 1.165) is 0 Å². The van der Waals surface area contributed by atoms with Gasteiger partial charge in [0.05, 0.1) is 6.54 Å². The summed E-state index contributed by atoms with van der Waals surface area (Å²) in [5.41, 5.74) is 5.39. The van der Waals surface area contributed by atoms with Crippen LogP contribution in [0.3, 0.4) is 0 Å². The van der Waals surface area contributed by atoms with Crippen molar-refractivity contribution in [2.45, 2.75) is 20.0 Å². The van der Waals surface area contributed by atoms with Crippen LogP contribution in [0.5, 0.6) is 5.75 Å². The van der Waals surface area contributed by atoms with Crippen LogP contribution in [-0.2, 0) is 4.79 Å². The van der Waals surface area contributed by atoms with Crippen LogP contribution in [0.25, 0.3) is 0 Å². The van der Waals surface area contributed by atoms with Crippen molar-refractivity contribution in [2.24, 2.45) is 11.7 Å². The molecule has 100 valence electrons. The lowest BCUT2D eigenvalue weighted by Crippen LogP contribution is -2.38. The molecule has 2 unspecified atom stereocenters. The fourth-order valence-electron chi connectivity index (χ4n) is 1.34.